The van der Waals surface area contributed by atoms with Gasteiger partial charge in [-0.15, -0.1) is 5.10 Å². The molecule has 0 atom stereocenters. The van der Waals surface area contributed by atoms with E-state index >= 15 is 0 Å². The third kappa shape index (κ3) is 6.45. The fourth-order valence-corrected chi connectivity index (χ4v) is 5.70. The number of hydrogen-bond donors (Lipinski definition) is 3. The van der Waals surface area contributed by atoms with Crippen LogP contribution in [0.3, 0.4) is 0 Å². The van der Waals surface area contributed by atoms with Crippen molar-refractivity contribution in [2.75, 3.05) is 28.6 Å². The number of nitrogens with zero attached hydrogens (tertiary/aromatic N) is 4. The van der Waals surface area contributed by atoms with Gasteiger partial charge in [-0.25, -0.2) is 9.37 Å². The van der Waals surface area contributed by atoms with Crippen molar-refractivity contribution in [2.45, 2.75) is 51.4 Å². The van der Waals surface area contributed by atoms with Gasteiger partial charge in [0.15, 0.2) is 4.99 Å². The van der Waals surface area contributed by atoms with Crippen LogP contribution in [0, 0.1) is 17.2 Å². The van der Waals surface area contributed by atoms with Crippen LogP contribution >= 0.6 is 12.2 Å². The van der Waals surface area contributed by atoms with Crippen molar-refractivity contribution in [3.63, 3.8) is 0 Å². The number of carboxylic acids is 1. The number of halogens is 1. The van der Waals surface area contributed by atoms with E-state index in [2.05, 4.69) is 30.7 Å². The Balaban J connectivity index is 1.10. The predicted molar refractivity (Wildman–Crippen MR) is 146 cm³/mol. The molecule has 0 unspecified atom stereocenters. The van der Waals surface area contributed by atoms with Gasteiger partial charge in [-0.3, -0.25) is 4.79 Å². The van der Waals surface area contributed by atoms with Gasteiger partial charge in [0.05, 0.1) is 11.9 Å². The minimum atomic E-state index is -0.687. The maximum atomic E-state index is 13.4. The molecule has 1 spiro atoms. The lowest BCUT2D eigenvalue weighted by atomic mass is 9.65. The summed E-state index contributed by atoms with van der Waals surface area (Å²) < 4.78 is 18.9. The molecule has 3 heterocycles. The monoisotopic (exact) mass is 538 g/mol. The Kier molecular flexibility index (Phi) is 7.82. The summed E-state index contributed by atoms with van der Waals surface area (Å²) in [5.41, 5.74) is 1.60. The summed E-state index contributed by atoms with van der Waals surface area (Å²) in [6.45, 7) is 1.95. The molecule has 38 heavy (non-hydrogen) atoms. The summed E-state index contributed by atoms with van der Waals surface area (Å²) >= 11 is 5.40. The summed E-state index contributed by atoms with van der Waals surface area (Å²) in [4.78, 5) is 18.1. The normalized spacial score (nSPS) is 17.3. The van der Waals surface area contributed by atoms with Gasteiger partial charge in [0, 0.05) is 25.2 Å². The van der Waals surface area contributed by atoms with Crippen molar-refractivity contribution < 1.29 is 18.7 Å². The van der Waals surface area contributed by atoms with Crippen LogP contribution in [0.2, 0.25) is 0 Å². The highest BCUT2D eigenvalue weighted by molar-refractivity contribution is 7.81. The predicted octanol–water partition coefficient (Wildman–Crippen LogP) is 5.78. The quantitative estimate of drug-likeness (QED) is 0.305. The molecule has 1 saturated carbocycles. The van der Waals surface area contributed by atoms with Crippen LogP contribution in [0.1, 0.15) is 57.3 Å². The van der Waals surface area contributed by atoms with Crippen molar-refractivity contribution in [1.29, 1.82) is 0 Å². The zero-order valence-corrected chi connectivity index (χ0v) is 21.8. The highest BCUT2D eigenvalue weighted by Crippen LogP contribution is 2.47. The van der Waals surface area contributed by atoms with Gasteiger partial charge in [-0.2, -0.15) is 0 Å². The Morgan fingerprint density at radius 3 is 2.61 bits per heavy atom. The molecule has 0 bridgehead atoms. The third-order valence-electron chi connectivity index (χ3n) is 7.78. The summed E-state index contributed by atoms with van der Waals surface area (Å²) in [7, 11) is 0. The minimum Gasteiger partial charge on any atom is -0.481 e. The third-order valence-corrected chi connectivity index (χ3v) is 8.06. The number of piperidine rings is 1. The number of rotatable bonds is 8. The number of aromatic nitrogens is 3. The summed E-state index contributed by atoms with van der Waals surface area (Å²) in [6, 6.07) is 9.96. The van der Waals surface area contributed by atoms with E-state index in [1.807, 2.05) is 12.1 Å². The van der Waals surface area contributed by atoms with Crippen molar-refractivity contribution in [3.05, 3.63) is 54.3 Å². The first-order valence-corrected chi connectivity index (χ1v) is 13.4. The average molecular weight is 539 g/mol. The first-order chi connectivity index (χ1) is 18.4. The van der Waals surface area contributed by atoms with E-state index in [1.54, 1.807) is 18.3 Å². The maximum Gasteiger partial charge on any atom is 0.320 e. The highest BCUT2D eigenvalue weighted by Gasteiger charge is 2.38. The molecule has 1 aromatic carbocycles. The maximum absolute atomic E-state index is 13.4. The van der Waals surface area contributed by atoms with Gasteiger partial charge in [0.25, 0.3) is 5.89 Å². The van der Waals surface area contributed by atoms with Gasteiger partial charge in [0.1, 0.15) is 11.6 Å². The van der Waals surface area contributed by atoms with Crippen molar-refractivity contribution in [3.8, 4) is 0 Å². The van der Waals surface area contributed by atoms with Crippen LogP contribution in [0.15, 0.2) is 47.0 Å². The zero-order valence-electron chi connectivity index (χ0n) is 21.0. The number of carbonyl (C=O) groups is 1. The molecule has 0 amide bonds. The SMILES string of the molecule is O=C(O)CCC1CCC2(CC1)CCN(c1ccc(NC(=S)c3nnc(Nc4cccc(F)c4)o3)cn1)CC2. The second kappa shape index (κ2) is 11.4. The summed E-state index contributed by atoms with van der Waals surface area (Å²) in [6.07, 6.45) is 9.83. The Morgan fingerprint density at radius 1 is 1.13 bits per heavy atom. The van der Waals surface area contributed by atoms with E-state index in [1.165, 1.54) is 25.0 Å². The number of nitrogens with one attached hydrogen (secondary N) is 2. The number of benzene rings is 1. The van der Waals surface area contributed by atoms with Crippen LogP contribution in [0.4, 0.5) is 27.6 Å². The lowest BCUT2D eigenvalue weighted by Gasteiger charge is -2.46. The smallest absolute Gasteiger partial charge is 0.320 e. The molecule has 0 radical (unpaired) electrons. The number of thiocarbonyl (C=S) groups is 1. The number of carboxylic acid groups (broad SMARTS) is 1. The van der Waals surface area contributed by atoms with Gasteiger partial charge in [-0.1, -0.05) is 23.4 Å². The first-order valence-electron chi connectivity index (χ1n) is 13.0. The lowest BCUT2D eigenvalue weighted by Crippen LogP contribution is -2.42. The van der Waals surface area contributed by atoms with E-state index in [0.29, 0.717) is 22.7 Å². The molecule has 200 valence electrons. The molecule has 2 aliphatic rings. The largest absolute Gasteiger partial charge is 0.481 e. The molecule has 3 aromatic rings. The number of anilines is 4. The van der Waals surface area contributed by atoms with E-state index < -0.39 is 5.97 Å². The molecule has 2 fully saturated rings. The lowest BCUT2D eigenvalue weighted by molar-refractivity contribution is -0.137. The van der Waals surface area contributed by atoms with Crippen LogP contribution < -0.4 is 15.5 Å². The Labute approximate surface area is 225 Å². The standard InChI is InChI=1S/C27H31FN6O3S/c28-19-2-1-3-20(16-19)31-26-33-32-24(37-26)25(38)30-21-5-6-22(29-17-21)34-14-12-27(13-15-34)10-8-18(9-11-27)4-7-23(35)36/h1-3,5-6,16-18H,4,7-15H2,(H,30,38)(H,31,33)(H,35,36). The van der Waals surface area contributed by atoms with E-state index in [9.17, 15) is 9.18 Å². The van der Waals surface area contributed by atoms with Crippen LogP contribution in [-0.2, 0) is 4.79 Å². The van der Waals surface area contributed by atoms with Crippen molar-refractivity contribution >= 4 is 46.4 Å². The topological polar surface area (TPSA) is 116 Å². The second-order valence-electron chi connectivity index (χ2n) is 10.3. The van der Waals surface area contributed by atoms with E-state index in [-0.39, 0.29) is 29.1 Å². The van der Waals surface area contributed by atoms with Crippen molar-refractivity contribution in [1.82, 2.24) is 15.2 Å². The van der Waals surface area contributed by atoms with Crippen LogP contribution in [0.25, 0.3) is 0 Å². The molecule has 9 nitrogen and oxygen atoms in total. The van der Waals surface area contributed by atoms with Crippen LogP contribution in [-0.4, -0.2) is 44.3 Å². The summed E-state index contributed by atoms with van der Waals surface area (Å²) in [5.74, 6) is 0.579. The Morgan fingerprint density at radius 2 is 1.92 bits per heavy atom. The fraction of sp³-hybridized carbons (Fsp3) is 0.444. The molecule has 1 aliphatic heterocycles. The Hall–Kier alpha value is -3.60. The number of aliphatic carboxylic acids is 1. The molecule has 1 saturated heterocycles. The van der Waals surface area contributed by atoms with E-state index in [0.717, 1.165) is 51.0 Å². The molecular weight excluding hydrogens is 507 g/mol. The van der Waals surface area contributed by atoms with Gasteiger partial charge < -0.3 is 25.1 Å². The van der Waals surface area contributed by atoms with E-state index in [4.69, 9.17) is 21.7 Å². The zero-order chi connectivity index (χ0) is 26.5. The van der Waals surface area contributed by atoms with Crippen molar-refractivity contribution in [2.24, 2.45) is 11.3 Å². The number of hydrogen-bond acceptors (Lipinski definition) is 8. The van der Waals surface area contributed by atoms with Gasteiger partial charge in [0.2, 0.25) is 0 Å². The highest BCUT2D eigenvalue weighted by atomic mass is 32.1. The summed E-state index contributed by atoms with van der Waals surface area (Å²) in [5, 5.41) is 22.7. The average Bonchev–Trinajstić information content (AvgIpc) is 3.38. The molecular formula is C27H31FN6O3S. The van der Waals surface area contributed by atoms with Gasteiger partial charge >= 0.3 is 12.0 Å². The fourth-order valence-electron chi connectivity index (χ4n) is 5.50. The molecule has 11 heteroatoms. The Bertz CT molecular complexity index is 1270. The molecule has 1 aliphatic carbocycles. The van der Waals surface area contributed by atoms with Crippen LogP contribution in [0.5, 0.6) is 0 Å². The first kappa shape index (κ1) is 26.0. The number of pyridine rings is 1. The van der Waals surface area contributed by atoms with Gasteiger partial charge in [-0.05, 0) is 86.6 Å². The minimum absolute atomic E-state index is 0.111. The molecule has 3 N–H and O–H groups in total. The second-order valence-corrected chi connectivity index (χ2v) is 10.7. The molecule has 2 aromatic heterocycles. The molecule has 5 rings (SSSR count).